The van der Waals surface area contributed by atoms with Crippen LogP contribution in [-0.4, -0.2) is 87.0 Å². The number of nitrogens with zero attached hydrogens (tertiary/aromatic N) is 2. The first-order valence-electron chi connectivity index (χ1n) is 12.5. The van der Waals surface area contributed by atoms with Gasteiger partial charge >= 0.3 is 12.0 Å². The fraction of sp³-hybridized carbons (Fsp3) is 0.692. The summed E-state index contributed by atoms with van der Waals surface area (Å²) in [6.45, 7) is 4.70. The number of carbonyl (C=O) groups is 2. The normalized spacial score (nSPS) is 12.1. The van der Waals surface area contributed by atoms with Crippen LogP contribution < -0.4 is 14.8 Å². The number of carboxylic acid groups (broad SMARTS) is 1. The molecule has 0 aliphatic carbocycles. The molecule has 0 aromatic heterocycles. The number of benzene rings is 1. The van der Waals surface area contributed by atoms with Gasteiger partial charge in [0.1, 0.15) is 11.5 Å². The number of rotatable bonds is 18. The zero-order chi connectivity index (χ0) is 25.4. The van der Waals surface area contributed by atoms with Crippen LogP contribution in [0.3, 0.4) is 0 Å². The van der Waals surface area contributed by atoms with Crippen molar-refractivity contribution in [2.75, 3.05) is 54.5 Å². The van der Waals surface area contributed by atoms with E-state index in [2.05, 4.69) is 12.2 Å². The van der Waals surface area contributed by atoms with Crippen molar-refractivity contribution in [1.29, 1.82) is 0 Å². The van der Waals surface area contributed by atoms with Gasteiger partial charge in [-0.25, -0.2) is 4.79 Å². The molecule has 0 saturated heterocycles. The van der Waals surface area contributed by atoms with Gasteiger partial charge in [0.15, 0.2) is 0 Å². The van der Waals surface area contributed by atoms with Gasteiger partial charge in [-0.05, 0) is 37.8 Å². The third-order valence-electron chi connectivity index (χ3n) is 5.34. The minimum Gasteiger partial charge on any atom is -0.493 e. The first kappa shape index (κ1) is 29.6. The molecule has 0 saturated carbocycles. The molecule has 0 fully saturated rings. The number of ether oxygens (including phenoxy) is 2. The van der Waals surface area contributed by atoms with E-state index in [1.165, 1.54) is 19.3 Å². The van der Waals surface area contributed by atoms with E-state index in [-0.39, 0.29) is 12.5 Å². The van der Waals surface area contributed by atoms with Crippen molar-refractivity contribution in [3.8, 4) is 11.5 Å². The molecule has 1 atom stereocenters. The Balaban J connectivity index is 2.26. The van der Waals surface area contributed by atoms with Crippen LogP contribution >= 0.6 is 0 Å². The summed E-state index contributed by atoms with van der Waals surface area (Å²) in [7, 11) is 7.67. The van der Waals surface area contributed by atoms with Gasteiger partial charge in [0.25, 0.3) is 0 Å². The van der Waals surface area contributed by atoms with Crippen LogP contribution in [0.4, 0.5) is 4.79 Å². The van der Waals surface area contributed by atoms with Gasteiger partial charge in [-0.15, -0.1) is 0 Å². The van der Waals surface area contributed by atoms with Crippen molar-refractivity contribution in [3.05, 3.63) is 24.3 Å². The van der Waals surface area contributed by atoms with E-state index in [4.69, 9.17) is 14.6 Å². The van der Waals surface area contributed by atoms with Crippen molar-refractivity contribution in [1.82, 2.24) is 10.2 Å². The molecule has 1 rings (SSSR count). The minimum absolute atomic E-state index is 0.0858. The first-order chi connectivity index (χ1) is 16.1. The van der Waals surface area contributed by atoms with E-state index in [0.717, 1.165) is 43.8 Å². The topological polar surface area (TPSA) is 88.1 Å². The molecule has 8 heteroatoms. The fourth-order valence-corrected chi connectivity index (χ4v) is 3.61. The molecule has 0 heterocycles. The molecule has 1 aromatic carbocycles. The molecular formula is C26H46N3O5+. The molecule has 2 N–H and O–H groups in total. The maximum atomic E-state index is 12.5. The maximum Gasteiger partial charge on any atom is 0.317 e. The Labute approximate surface area is 205 Å². The molecule has 0 bridgehead atoms. The van der Waals surface area contributed by atoms with Crippen molar-refractivity contribution < 1.29 is 28.7 Å². The van der Waals surface area contributed by atoms with Crippen LogP contribution in [0.5, 0.6) is 11.5 Å². The lowest BCUT2D eigenvalue weighted by atomic mass is 10.2. The van der Waals surface area contributed by atoms with E-state index in [9.17, 15) is 9.59 Å². The molecule has 0 radical (unpaired) electrons. The molecular weight excluding hydrogens is 434 g/mol. The van der Waals surface area contributed by atoms with E-state index < -0.39 is 12.0 Å². The lowest BCUT2D eigenvalue weighted by Gasteiger charge is -2.30. The number of unbranched alkanes of at least 4 members (excludes halogenated alkanes) is 5. The van der Waals surface area contributed by atoms with Gasteiger partial charge in [-0.1, -0.05) is 32.3 Å². The smallest absolute Gasteiger partial charge is 0.317 e. The van der Waals surface area contributed by atoms with E-state index in [0.29, 0.717) is 24.2 Å². The molecule has 1 aromatic rings. The number of urea groups is 1. The van der Waals surface area contributed by atoms with E-state index in [1.807, 2.05) is 45.4 Å². The third kappa shape index (κ3) is 14.6. The monoisotopic (exact) mass is 480 g/mol. The summed E-state index contributed by atoms with van der Waals surface area (Å²) in [6.07, 6.45) is 7.32. The summed E-state index contributed by atoms with van der Waals surface area (Å²) in [5.74, 6) is 0.739. The van der Waals surface area contributed by atoms with Crippen molar-refractivity contribution in [3.63, 3.8) is 0 Å². The van der Waals surface area contributed by atoms with Crippen molar-refractivity contribution >= 4 is 12.0 Å². The predicted molar refractivity (Wildman–Crippen MR) is 136 cm³/mol. The number of hydrogen-bond donors (Lipinski definition) is 2. The summed E-state index contributed by atoms with van der Waals surface area (Å²) in [6, 6.07) is 7.13. The Morgan fingerprint density at radius 1 is 1.00 bits per heavy atom. The Bertz CT molecular complexity index is 721. The molecule has 194 valence electrons. The maximum absolute atomic E-state index is 12.5. The molecule has 8 nitrogen and oxygen atoms in total. The number of hydrogen-bond acceptors (Lipinski definition) is 4. The van der Waals surface area contributed by atoms with Crippen LogP contribution in [0.15, 0.2) is 24.3 Å². The first-order valence-corrected chi connectivity index (χ1v) is 12.5. The van der Waals surface area contributed by atoms with Crippen LogP contribution in [0.1, 0.15) is 58.3 Å². The average Bonchev–Trinajstić information content (AvgIpc) is 2.74. The van der Waals surface area contributed by atoms with Crippen LogP contribution in [-0.2, 0) is 4.79 Å². The highest BCUT2D eigenvalue weighted by atomic mass is 16.5. The van der Waals surface area contributed by atoms with Gasteiger partial charge in [0.2, 0.25) is 0 Å². The summed E-state index contributed by atoms with van der Waals surface area (Å²) in [5.41, 5.74) is 0. The second-order valence-corrected chi connectivity index (χ2v) is 9.93. The van der Waals surface area contributed by atoms with Crippen molar-refractivity contribution in [2.45, 2.75) is 64.3 Å². The summed E-state index contributed by atoms with van der Waals surface area (Å²) in [4.78, 5) is 25.2. The second-order valence-electron chi connectivity index (χ2n) is 9.93. The second kappa shape index (κ2) is 16.2. The van der Waals surface area contributed by atoms with Gasteiger partial charge in [0.05, 0.1) is 53.4 Å². The van der Waals surface area contributed by atoms with Crippen molar-refractivity contribution in [2.24, 2.45) is 0 Å². The molecule has 34 heavy (non-hydrogen) atoms. The van der Waals surface area contributed by atoms with Gasteiger partial charge in [-0.3, -0.25) is 4.79 Å². The minimum atomic E-state index is -0.912. The Hall–Kier alpha value is -2.48. The quantitative estimate of drug-likeness (QED) is 0.240. The highest BCUT2D eigenvalue weighted by molar-refractivity contribution is 5.75. The fourth-order valence-electron chi connectivity index (χ4n) is 3.61. The summed E-state index contributed by atoms with van der Waals surface area (Å²) < 4.78 is 12.2. The van der Waals surface area contributed by atoms with Crippen LogP contribution in [0.2, 0.25) is 0 Å². The third-order valence-corrected chi connectivity index (χ3v) is 5.34. The lowest BCUT2D eigenvalue weighted by molar-refractivity contribution is -0.871. The SMILES string of the molecule is CCCCCCOc1cccc(OCCCCCN(C)C(=O)NC(CC(=O)O)C[N+](C)(C)C)c1. The molecule has 0 spiro atoms. The number of carbonyl (C=O) groups excluding carboxylic acids is 1. The largest absolute Gasteiger partial charge is 0.493 e. The molecule has 1 unspecified atom stereocenters. The van der Waals surface area contributed by atoms with Gasteiger partial charge in [-0.2, -0.15) is 0 Å². The molecule has 0 aliphatic rings. The number of carboxylic acids is 1. The number of amides is 2. The van der Waals surface area contributed by atoms with Crippen LogP contribution in [0, 0.1) is 0 Å². The Kier molecular flexibility index (Phi) is 14.1. The number of likely N-dealkylation sites (N-methyl/N-ethyl adjacent to an activating group) is 1. The van der Waals surface area contributed by atoms with Crippen LogP contribution in [0.25, 0.3) is 0 Å². The summed E-state index contributed by atoms with van der Waals surface area (Å²) in [5, 5.41) is 12.0. The zero-order valence-corrected chi connectivity index (χ0v) is 21.8. The van der Waals surface area contributed by atoms with E-state index >= 15 is 0 Å². The predicted octanol–water partition coefficient (Wildman–Crippen LogP) is 4.39. The lowest BCUT2D eigenvalue weighted by Crippen LogP contribution is -2.52. The Morgan fingerprint density at radius 2 is 1.59 bits per heavy atom. The highest BCUT2D eigenvalue weighted by Gasteiger charge is 2.24. The molecule has 0 aliphatic heterocycles. The standard InChI is InChI=1S/C26H45N3O5/c1-6-7-8-11-17-33-23-14-13-15-24(20-23)34-18-12-9-10-16-28(2)26(32)27-22(19-25(30)31)21-29(3,4)5/h13-15,20,22H,6-12,16-19,21H2,1-5H3,(H-,27,30,31,32)/p+1. The Morgan fingerprint density at radius 3 is 2.12 bits per heavy atom. The average molecular weight is 481 g/mol. The van der Waals surface area contributed by atoms with Gasteiger partial charge in [0, 0.05) is 19.7 Å². The zero-order valence-electron chi connectivity index (χ0n) is 21.8. The van der Waals surface area contributed by atoms with E-state index in [1.54, 1.807) is 11.9 Å². The summed E-state index contributed by atoms with van der Waals surface area (Å²) >= 11 is 0. The van der Waals surface area contributed by atoms with Gasteiger partial charge < -0.3 is 29.3 Å². The number of quaternary nitrogens is 1. The number of nitrogens with one attached hydrogen (secondary N) is 1. The molecule has 2 amide bonds. The highest BCUT2D eigenvalue weighted by Crippen LogP contribution is 2.20. The number of aliphatic carboxylic acids is 1.